The van der Waals surface area contributed by atoms with Gasteiger partial charge in [-0.05, 0) is 38.8 Å². The van der Waals surface area contributed by atoms with E-state index in [9.17, 15) is 13.2 Å². The maximum atomic E-state index is 12.8. The van der Waals surface area contributed by atoms with Gasteiger partial charge in [0, 0.05) is 10.8 Å². The lowest BCUT2D eigenvalue weighted by Crippen LogP contribution is -2.46. The van der Waals surface area contributed by atoms with Crippen LogP contribution >= 0.6 is 11.3 Å². The second-order valence-electron chi connectivity index (χ2n) is 6.07. The molecular weight excluding hydrogens is 299 g/mol. The van der Waals surface area contributed by atoms with Crippen LogP contribution in [0.3, 0.4) is 0 Å². The molecular formula is C14H14F3N3S. The molecule has 2 unspecified atom stereocenters. The molecule has 1 aliphatic carbocycles. The largest absolute Gasteiger partial charge is 0.425 e. The fourth-order valence-electron chi connectivity index (χ4n) is 3.12. The van der Waals surface area contributed by atoms with Gasteiger partial charge in [-0.1, -0.05) is 0 Å². The van der Waals surface area contributed by atoms with Crippen LogP contribution in [-0.4, -0.2) is 14.8 Å². The molecule has 0 saturated heterocycles. The zero-order chi connectivity index (χ0) is 15.0. The lowest BCUT2D eigenvalue weighted by atomic mass is 9.74. The molecule has 21 heavy (non-hydrogen) atoms. The fourth-order valence-corrected chi connectivity index (χ4v) is 4.22. The molecule has 0 radical (unpaired) electrons. The number of hydrogen-bond donors (Lipinski definition) is 0. The van der Waals surface area contributed by atoms with Gasteiger partial charge in [-0.3, -0.25) is 0 Å². The van der Waals surface area contributed by atoms with E-state index in [1.807, 2.05) is 13.8 Å². The standard InChI is InChI=1S/C14H14F3N3S/c1-7-13(2,9-5-6-10(21-9)14(15,16)17)12-19-18-11(20(7)12)8-3-4-8/h5-8H,3-4H2,1-2H3. The summed E-state index contributed by atoms with van der Waals surface area (Å²) in [5.41, 5.74) is -0.464. The Bertz CT molecular complexity index is 713. The molecule has 3 heterocycles. The van der Waals surface area contributed by atoms with E-state index in [1.54, 1.807) is 6.07 Å². The van der Waals surface area contributed by atoms with Gasteiger partial charge in [0.15, 0.2) is 0 Å². The third kappa shape index (κ3) is 1.66. The van der Waals surface area contributed by atoms with E-state index >= 15 is 0 Å². The third-order valence-electron chi connectivity index (χ3n) is 4.75. The lowest BCUT2D eigenvalue weighted by Gasteiger charge is -2.45. The molecule has 2 aromatic rings. The van der Waals surface area contributed by atoms with Crippen molar-refractivity contribution in [2.24, 2.45) is 0 Å². The summed E-state index contributed by atoms with van der Waals surface area (Å²) in [6.07, 6.45) is -2.00. The van der Waals surface area contributed by atoms with Crippen LogP contribution in [-0.2, 0) is 11.6 Å². The van der Waals surface area contributed by atoms with Crippen molar-refractivity contribution in [1.82, 2.24) is 14.8 Å². The van der Waals surface area contributed by atoms with Crippen LogP contribution in [0.15, 0.2) is 12.1 Å². The molecule has 7 heteroatoms. The lowest BCUT2D eigenvalue weighted by molar-refractivity contribution is -0.134. The van der Waals surface area contributed by atoms with Crippen molar-refractivity contribution >= 4 is 11.3 Å². The first-order chi connectivity index (χ1) is 9.83. The van der Waals surface area contributed by atoms with E-state index in [1.165, 1.54) is 6.07 Å². The molecule has 1 aliphatic heterocycles. The number of hydrogen-bond acceptors (Lipinski definition) is 3. The highest BCUT2D eigenvalue weighted by Crippen LogP contribution is 2.55. The van der Waals surface area contributed by atoms with Gasteiger partial charge < -0.3 is 4.57 Å². The fraction of sp³-hybridized carbons (Fsp3) is 0.571. The van der Waals surface area contributed by atoms with Crippen LogP contribution in [0.25, 0.3) is 0 Å². The Kier molecular flexibility index (Phi) is 2.46. The summed E-state index contributed by atoms with van der Waals surface area (Å²) in [5.74, 6) is 2.29. The van der Waals surface area contributed by atoms with E-state index in [0.29, 0.717) is 10.8 Å². The third-order valence-corrected chi connectivity index (χ3v) is 6.12. The SMILES string of the molecule is CC1n2c(C3CC3)nnc2C1(C)c1ccc(C(F)(F)F)s1. The minimum absolute atomic E-state index is 0.0952. The van der Waals surface area contributed by atoms with Crippen molar-refractivity contribution in [3.63, 3.8) is 0 Å². The number of alkyl halides is 3. The molecule has 0 bridgehead atoms. The molecule has 0 aromatic carbocycles. The highest BCUT2D eigenvalue weighted by atomic mass is 32.1. The van der Waals surface area contributed by atoms with Crippen LogP contribution < -0.4 is 0 Å². The summed E-state index contributed by atoms with van der Waals surface area (Å²) < 4.78 is 40.5. The van der Waals surface area contributed by atoms with Crippen LogP contribution in [0.5, 0.6) is 0 Å². The molecule has 0 spiro atoms. The molecule has 1 fully saturated rings. The van der Waals surface area contributed by atoms with Gasteiger partial charge in [0.05, 0.1) is 11.5 Å². The number of nitrogens with zero attached hydrogens (tertiary/aromatic N) is 3. The van der Waals surface area contributed by atoms with E-state index in [4.69, 9.17) is 0 Å². The van der Waals surface area contributed by atoms with Crippen LogP contribution in [0, 0.1) is 0 Å². The predicted molar refractivity (Wildman–Crippen MR) is 72.5 cm³/mol. The second-order valence-corrected chi connectivity index (χ2v) is 7.15. The maximum Gasteiger partial charge on any atom is 0.425 e. The van der Waals surface area contributed by atoms with Crippen molar-refractivity contribution in [2.75, 3.05) is 0 Å². The summed E-state index contributed by atoms with van der Waals surface area (Å²) in [7, 11) is 0. The smallest absolute Gasteiger partial charge is 0.310 e. The quantitative estimate of drug-likeness (QED) is 0.835. The Morgan fingerprint density at radius 2 is 2.00 bits per heavy atom. The molecule has 0 amide bonds. The number of halogens is 3. The first kappa shape index (κ1) is 13.3. The Labute approximate surface area is 123 Å². The molecule has 112 valence electrons. The summed E-state index contributed by atoms with van der Waals surface area (Å²) >= 11 is 0.817. The number of aromatic nitrogens is 3. The van der Waals surface area contributed by atoms with Gasteiger partial charge in [0.2, 0.25) is 0 Å². The van der Waals surface area contributed by atoms with E-state index < -0.39 is 16.5 Å². The van der Waals surface area contributed by atoms with Crippen molar-refractivity contribution in [3.05, 3.63) is 33.5 Å². The Morgan fingerprint density at radius 1 is 1.29 bits per heavy atom. The van der Waals surface area contributed by atoms with E-state index in [-0.39, 0.29) is 6.04 Å². The minimum atomic E-state index is -4.28. The van der Waals surface area contributed by atoms with Crippen molar-refractivity contribution < 1.29 is 13.2 Å². The number of fused-ring (bicyclic) bond motifs is 1. The monoisotopic (exact) mass is 313 g/mol. The number of thiophene rings is 1. The van der Waals surface area contributed by atoms with Gasteiger partial charge in [0.1, 0.15) is 16.5 Å². The van der Waals surface area contributed by atoms with Gasteiger partial charge >= 0.3 is 6.18 Å². The van der Waals surface area contributed by atoms with Crippen molar-refractivity contribution in [1.29, 1.82) is 0 Å². The topological polar surface area (TPSA) is 30.7 Å². The number of rotatable bonds is 2. The van der Waals surface area contributed by atoms with Gasteiger partial charge in [-0.15, -0.1) is 21.5 Å². The highest BCUT2D eigenvalue weighted by Gasteiger charge is 2.53. The molecule has 2 aliphatic rings. The van der Waals surface area contributed by atoms with Crippen LogP contribution in [0.2, 0.25) is 0 Å². The van der Waals surface area contributed by atoms with E-state index in [2.05, 4.69) is 14.8 Å². The molecule has 3 nitrogen and oxygen atoms in total. The molecule has 1 saturated carbocycles. The first-order valence-electron chi connectivity index (χ1n) is 6.96. The Hall–Kier alpha value is -1.37. The Morgan fingerprint density at radius 3 is 2.57 bits per heavy atom. The molecule has 4 rings (SSSR count). The zero-order valence-corrected chi connectivity index (χ0v) is 12.4. The summed E-state index contributed by atoms with van der Waals surface area (Å²) in [5, 5.41) is 8.52. The van der Waals surface area contributed by atoms with Gasteiger partial charge in [0.25, 0.3) is 0 Å². The molecule has 0 N–H and O–H groups in total. The predicted octanol–water partition coefficient (Wildman–Crippen LogP) is 4.12. The van der Waals surface area contributed by atoms with Crippen LogP contribution in [0.1, 0.15) is 60.1 Å². The average molecular weight is 313 g/mol. The minimum Gasteiger partial charge on any atom is -0.310 e. The van der Waals surface area contributed by atoms with Gasteiger partial charge in [-0.25, -0.2) is 0 Å². The van der Waals surface area contributed by atoms with Crippen molar-refractivity contribution in [2.45, 2.75) is 50.2 Å². The first-order valence-corrected chi connectivity index (χ1v) is 7.78. The molecule has 2 aromatic heterocycles. The average Bonchev–Trinajstić information content (AvgIpc) is 3.00. The molecule has 2 atom stereocenters. The summed E-state index contributed by atoms with van der Waals surface area (Å²) in [6, 6.07) is 2.84. The summed E-state index contributed by atoms with van der Waals surface area (Å²) in [4.78, 5) is 0.163. The van der Waals surface area contributed by atoms with E-state index in [0.717, 1.165) is 35.8 Å². The summed E-state index contributed by atoms with van der Waals surface area (Å²) in [6.45, 7) is 4.00. The maximum absolute atomic E-state index is 12.8. The zero-order valence-electron chi connectivity index (χ0n) is 11.6. The van der Waals surface area contributed by atoms with Crippen LogP contribution in [0.4, 0.5) is 13.2 Å². The second kappa shape index (κ2) is 3.88. The van der Waals surface area contributed by atoms with Crippen molar-refractivity contribution in [3.8, 4) is 0 Å². The Balaban J connectivity index is 1.75. The normalized spacial score (nSPS) is 28.3. The highest BCUT2D eigenvalue weighted by molar-refractivity contribution is 7.12. The van der Waals surface area contributed by atoms with Gasteiger partial charge in [-0.2, -0.15) is 13.2 Å².